The molecule has 0 atom stereocenters. The number of hydrogen-bond donors (Lipinski definition) is 2. The van der Waals surface area contributed by atoms with Crippen LogP contribution in [0.4, 0.5) is 5.82 Å². The Bertz CT molecular complexity index is 732. The largest absolute Gasteiger partial charge is 0.351 e. The van der Waals surface area contributed by atoms with E-state index in [0.29, 0.717) is 12.4 Å². The first-order chi connectivity index (χ1) is 11.2. The SMILES string of the molecule is Cc1cccnc1N/C=C(/C#N)C(=O)NCCc1ccccc1. The maximum Gasteiger partial charge on any atom is 0.263 e. The summed E-state index contributed by atoms with van der Waals surface area (Å²) in [4.78, 5) is 16.2. The van der Waals surface area contributed by atoms with Crippen LogP contribution in [0, 0.1) is 18.3 Å². The monoisotopic (exact) mass is 306 g/mol. The number of benzene rings is 1. The summed E-state index contributed by atoms with van der Waals surface area (Å²) in [5.74, 6) is 0.224. The number of carbonyl (C=O) groups excluding carboxylic acids is 1. The number of nitriles is 1. The van der Waals surface area contributed by atoms with Gasteiger partial charge in [-0.15, -0.1) is 0 Å². The molecule has 2 N–H and O–H groups in total. The summed E-state index contributed by atoms with van der Waals surface area (Å²) in [7, 11) is 0. The predicted molar refractivity (Wildman–Crippen MR) is 89.4 cm³/mol. The molecule has 0 saturated heterocycles. The van der Waals surface area contributed by atoms with Crippen LogP contribution in [-0.4, -0.2) is 17.4 Å². The van der Waals surface area contributed by atoms with Crippen molar-refractivity contribution < 1.29 is 4.79 Å². The van der Waals surface area contributed by atoms with Crippen LogP contribution in [0.25, 0.3) is 0 Å². The first-order valence-corrected chi connectivity index (χ1v) is 7.31. The Morgan fingerprint density at radius 1 is 1.26 bits per heavy atom. The molecule has 0 saturated carbocycles. The number of nitrogens with one attached hydrogen (secondary N) is 2. The van der Waals surface area contributed by atoms with Gasteiger partial charge in [-0.3, -0.25) is 4.79 Å². The van der Waals surface area contributed by atoms with Crippen molar-refractivity contribution in [3.63, 3.8) is 0 Å². The van der Waals surface area contributed by atoms with E-state index in [1.54, 1.807) is 6.20 Å². The zero-order valence-electron chi connectivity index (χ0n) is 12.9. The van der Waals surface area contributed by atoms with Crippen molar-refractivity contribution in [2.24, 2.45) is 0 Å². The first-order valence-electron chi connectivity index (χ1n) is 7.31. The van der Waals surface area contributed by atoms with Crippen LogP contribution in [0.15, 0.2) is 60.4 Å². The van der Waals surface area contributed by atoms with E-state index in [4.69, 9.17) is 5.26 Å². The van der Waals surface area contributed by atoms with E-state index in [1.165, 1.54) is 6.20 Å². The molecule has 0 spiro atoms. The highest BCUT2D eigenvalue weighted by Gasteiger charge is 2.08. The normalized spacial score (nSPS) is 10.7. The predicted octanol–water partition coefficient (Wildman–Crippen LogP) is 2.57. The number of pyridine rings is 1. The van der Waals surface area contributed by atoms with E-state index in [2.05, 4.69) is 15.6 Å². The lowest BCUT2D eigenvalue weighted by Gasteiger charge is -2.06. The molecule has 1 amide bonds. The minimum Gasteiger partial charge on any atom is -0.351 e. The Kier molecular flexibility index (Phi) is 5.89. The van der Waals surface area contributed by atoms with E-state index < -0.39 is 5.91 Å². The van der Waals surface area contributed by atoms with Crippen LogP contribution >= 0.6 is 0 Å². The highest BCUT2D eigenvalue weighted by atomic mass is 16.1. The number of anilines is 1. The summed E-state index contributed by atoms with van der Waals surface area (Å²) < 4.78 is 0. The van der Waals surface area contributed by atoms with Crippen LogP contribution in [-0.2, 0) is 11.2 Å². The van der Waals surface area contributed by atoms with Gasteiger partial charge >= 0.3 is 0 Å². The molecule has 0 radical (unpaired) electrons. The molecule has 5 nitrogen and oxygen atoms in total. The molecule has 0 unspecified atom stereocenters. The fraction of sp³-hybridized carbons (Fsp3) is 0.167. The second kappa shape index (κ2) is 8.35. The topological polar surface area (TPSA) is 77.8 Å². The van der Waals surface area contributed by atoms with Gasteiger partial charge in [0.05, 0.1) is 0 Å². The van der Waals surface area contributed by atoms with Crippen molar-refractivity contribution in [1.82, 2.24) is 10.3 Å². The van der Waals surface area contributed by atoms with Gasteiger partial charge < -0.3 is 10.6 Å². The average molecular weight is 306 g/mol. The van der Waals surface area contributed by atoms with Crippen LogP contribution in [0.3, 0.4) is 0 Å². The van der Waals surface area contributed by atoms with Gasteiger partial charge in [-0.1, -0.05) is 36.4 Å². The third-order valence-electron chi connectivity index (χ3n) is 3.27. The fourth-order valence-electron chi connectivity index (χ4n) is 1.99. The van der Waals surface area contributed by atoms with E-state index in [1.807, 2.05) is 55.5 Å². The molecule has 0 aliphatic heterocycles. The summed E-state index contributed by atoms with van der Waals surface area (Å²) in [5, 5.41) is 14.8. The molecule has 5 heteroatoms. The van der Waals surface area contributed by atoms with E-state index >= 15 is 0 Å². The third-order valence-corrected chi connectivity index (χ3v) is 3.27. The number of aromatic nitrogens is 1. The van der Waals surface area contributed by atoms with Gasteiger partial charge in [-0.2, -0.15) is 5.26 Å². The molecule has 0 bridgehead atoms. The van der Waals surface area contributed by atoms with Crippen LogP contribution in [0.1, 0.15) is 11.1 Å². The molecule has 2 aromatic rings. The number of hydrogen-bond acceptors (Lipinski definition) is 4. The van der Waals surface area contributed by atoms with Crippen molar-refractivity contribution in [1.29, 1.82) is 5.26 Å². The van der Waals surface area contributed by atoms with Gasteiger partial charge in [0.15, 0.2) is 0 Å². The van der Waals surface area contributed by atoms with Gasteiger partial charge in [0, 0.05) is 18.9 Å². The molecule has 2 rings (SSSR count). The third kappa shape index (κ3) is 4.97. The van der Waals surface area contributed by atoms with Crippen LogP contribution < -0.4 is 10.6 Å². The Labute approximate surface area is 135 Å². The van der Waals surface area contributed by atoms with E-state index in [9.17, 15) is 4.79 Å². The Morgan fingerprint density at radius 2 is 2.04 bits per heavy atom. The maximum absolute atomic E-state index is 12.0. The minimum absolute atomic E-state index is 0.0168. The summed E-state index contributed by atoms with van der Waals surface area (Å²) in [6.45, 7) is 2.37. The summed E-state index contributed by atoms with van der Waals surface area (Å²) in [6.07, 6.45) is 3.75. The number of aryl methyl sites for hydroxylation is 1. The lowest BCUT2D eigenvalue weighted by Crippen LogP contribution is -2.27. The van der Waals surface area contributed by atoms with Crippen molar-refractivity contribution in [2.75, 3.05) is 11.9 Å². The Hall–Kier alpha value is -3.13. The van der Waals surface area contributed by atoms with Gasteiger partial charge in [0.1, 0.15) is 17.5 Å². The highest BCUT2D eigenvalue weighted by molar-refractivity contribution is 5.97. The lowest BCUT2D eigenvalue weighted by molar-refractivity contribution is -0.117. The van der Waals surface area contributed by atoms with Gasteiger partial charge in [-0.05, 0) is 30.5 Å². The Balaban J connectivity index is 1.90. The van der Waals surface area contributed by atoms with E-state index in [-0.39, 0.29) is 5.57 Å². The molecule has 1 heterocycles. The summed E-state index contributed by atoms with van der Waals surface area (Å²) in [5.41, 5.74) is 2.09. The molecule has 1 aromatic heterocycles. The van der Waals surface area contributed by atoms with E-state index in [0.717, 1.165) is 17.5 Å². The molecule has 23 heavy (non-hydrogen) atoms. The smallest absolute Gasteiger partial charge is 0.263 e. The summed E-state index contributed by atoms with van der Waals surface area (Å²) >= 11 is 0. The molecular formula is C18H18N4O. The van der Waals surface area contributed by atoms with Gasteiger partial charge in [0.25, 0.3) is 5.91 Å². The number of rotatable bonds is 6. The molecule has 0 aliphatic rings. The molecule has 0 fully saturated rings. The standard InChI is InChI=1S/C18H18N4O/c1-14-6-5-10-20-17(14)22-13-16(12-19)18(23)21-11-9-15-7-3-2-4-8-15/h2-8,10,13H,9,11H2,1H3,(H,20,22)(H,21,23)/b16-13-. The van der Waals surface area contributed by atoms with Gasteiger partial charge in [0.2, 0.25) is 0 Å². The first kappa shape index (κ1) is 16.2. The highest BCUT2D eigenvalue weighted by Crippen LogP contribution is 2.09. The quantitative estimate of drug-likeness (QED) is 0.635. The fourth-order valence-corrected chi connectivity index (χ4v) is 1.99. The van der Waals surface area contributed by atoms with Crippen molar-refractivity contribution in [3.05, 3.63) is 71.6 Å². The van der Waals surface area contributed by atoms with Crippen LogP contribution in [0.2, 0.25) is 0 Å². The second-order valence-corrected chi connectivity index (χ2v) is 4.97. The van der Waals surface area contributed by atoms with Crippen LogP contribution in [0.5, 0.6) is 0 Å². The Morgan fingerprint density at radius 3 is 2.74 bits per heavy atom. The number of nitrogens with zero attached hydrogens (tertiary/aromatic N) is 2. The number of carbonyl (C=O) groups is 1. The summed E-state index contributed by atoms with van der Waals surface area (Å²) in [6, 6.07) is 15.5. The van der Waals surface area contributed by atoms with Crippen molar-refractivity contribution in [3.8, 4) is 6.07 Å². The molecule has 0 aliphatic carbocycles. The minimum atomic E-state index is -0.399. The number of amides is 1. The zero-order valence-corrected chi connectivity index (χ0v) is 12.9. The molecule has 116 valence electrons. The van der Waals surface area contributed by atoms with Crippen molar-refractivity contribution in [2.45, 2.75) is 13.3 Å². The molecular weight excluding hydrogens is 288 g/mol. The molecule has 1 aromatic carbocycles. The maximum atomic E-state index is 12.0. The van der Waals surface area contributed by atoms with Crippen molar-refractivity contribution >= 4 is 11.7 Å². The average Bonchev–Trinajstić information content (AvgIpc) is 2.58. The lowest BCUT2D eigenvalue weighted by atomic mass is 10.1. The van der Waals surface area contributed by atoms with Gasteiger partial charge in [-0.25, -0.2) is 4.98 Å². The second-order valence-electron chi connectivity index (χ2n) is 4.97. The zero-order chi connectivity index (χ0) is 16.5.